The Kier molecular flexibility index (Phi) is 4.10. The van der Waals surface area contributed by atoms with Crippen LogP contribution in [0.25, 0.3) is 10.9 Å². The van der Waals surface area contributed by atoms with Crippen LogP contribution in [0.15, 0.2) is 12.1 Å². The molecule has 1 aliphatic rings. The smallest absolute Gasteiger partial charge is 0.249 e. The van der Waals surface area contributed by atoms with E-state index in [0.717, 1.165) is 28.6 Å². The Hall–Kier alpha value is -1.23. The van der Waals surface area contributed by atoms with Crippen molar-refractivity contribution in [3.05, 3.63) is 33.4 Å². The monoisotopic (exact) mass is 340 g/mol. The van der Waals surface area contributed by atoms with E-state index < -0.39 is 0 Å². The highest BCUT2D eigenvalue weighted by Crippen LogP contribution is 2.41. The summed E-state index contributed by atoms with van der Waals surface area (Å²) in [5.74, 6) is 0.00237. The summed E-state index contributed by atoms with van der Waals surface area (Å²) in [5.41, 5.74) is 3.09. The Morgan fingerprint density at radius 2 is 2.14 bits per heavy atom. The van der Waals surface area contributed by atoms with Gasteiger partial charge in [0.1, 0.15) is 6.61 Å². The highest BCUT2D eigenvalue weighted by molar-refractivity contribution is 6.45. The summed E-state index contributed by atoms with van der Waals surface area (Å²) in [4.78, 5) is 17.6. The standard InChI is InChI=1S/C16H18Cl2N2O2/c1-8-6-12-14(9(2)20(8)13(21)7-22-3)10-4-5-11(17)15(18)16(10)19-12/h4-5,8-9,19H,6-7H2,1-3H3. The van der Waals surface area contributed by atoms with Gasteiger partial charge < -0.3 is 14.6 Å². The van der Waals surface area contributed by atoms with Crippen LogP contribution in [-0.4, -0.2) is 35.5 Å². The van der Waals surface area contributed by atoms with Gasteiger partial charge >= 0.3 is 0 Å². The van der Waals surface area contributed by atoms with E-state index in [-0.39, 0.29) is 24.6 Å². The van der Waals surface area contributed by atoms with E-state index >= 15 is 0 Å². The van der Waals surface area contributed by atoms with Crippen LogP contribution in [0.5, 0.6) is 0 Å². The minimum Gasteiger partial charge on any atom is -0.375 e. The molecule has 118 valence electrons. The number of nitrogens with zero attached hydrogens (tertiary/aromatic N) is 1. The Labute approximate surface area is 139 Å². The van der Waals surface area contributed by atoms with Crippen molar-refractivity contribution in [3.8, 4) is 0 Å². The molecule has 1 aromatic carbocycles. The zero-order valence-corrected chi connectivity index (χ0v) is 14.3. The number of hydrogen-bond donors (Lipinski definition) is 1. The molecular formula is C16H18Cl2N2O2. The van der Waals surface area contributed by atoms with Crippen molar-refractivity contribution in [1.29, 1.82) is 0 Å². The van der Waals surface area contributed by atoms with Crippen molar-refractivity contribution in [1.82, 2.24) is 9.88 Å². The van der Waals surface area contributed by atoms with Gasteiger partial charge in [-0.05, 0) is 19.9 Å². The molecule has 1 amide bonds. The van der Waals surface area contributed by atoms with E-state index in [9.17, 15) is 4.79 Å². The van der Waals surface area contributed by atoms with Crippen molar-refractivity contribution >= 4 is 40.0 Å². The van der Waals surface area contributed by atoms with Crippen molar-refractivity contribution in [3.63, 3.8) is 0 Å². The number of ether oxygens (including phenoxy) is 1. The molecule has 4 nitrogen and oxygen atoms in total. The number of rotatable bonds is 2. The molecule has 2 unspecified atom stereocenters. The van der Waals surface area contributed by atoms with Crippen LogP contribution in [0.1, 0.15) is 31.1 Å². The number of nitrogens with one attached hydrogen (secondary N) is 1. The summed E-state index contributed by atoms with van der Waals surface area (Å²) < 4.78 is 5.01. The van der Waals surface area contributed by atoms with E-state index in [0.29, 0.717) is 10.0 Å². The van der Waals surface area contributed by atoms with Gasteiger partial charge in [-0.15, -0.1) is 0 Å². The maximum atomic E-state index is 12.4. The SMILES string of the molecule is COCC(=O)N1C(C)Cc2[nH]c3c(Cl)c(Cl)ccc3c2C1C. The van der Waals surface area contributed by atoms with Crippen LogP contribution in [0.3, 0.4) is 0 Å². The minimum atomic E-state index is -0.0348. The summed E-state index contributed by atoms with van der Waals surface area (Å²) >= 11 is 12.4. The van der Waals surface area contributed by atoms with Crippen LogP contribution in [0, 0.1) is 0 Å². The quantitative estimate of drug-likeness (QED) is 0.899. The Morgan fingerprint density at radius 3 is 2.82 bits per heavy atom. The predicted octanol–water partition coefficient (Wildman–Crippen LogP) is 3.96. The number of fused-ring (bicyclic) bond motifs is 3. The normalized spacial score (nSPS) is 21.2. The lowest BCUT2D eigenvalue weighted by molar-refractivity contribution is -0.140. The van der Waals surface area contributed by atoms with E-state index in [1.807, 2.05) is 24.8 Å². The Balaban J connectivity index is 2.13. The van der Waals surface area contributed by atoms with Gasteiger partial charge in [0, 0.05) is 36.2 Å². The molecule has 0 aliphatic carbocycles. The number of benzene rings is 1. The lowest BCUT2D eigenvalue weighted by Crippen LogP contribution is -2.46. The first kappa shape index (κ1) is 15.7. The van der Waals surface area contributed by atoms with E-state index in [2.05, 4.69) is 4.98 Å². The van der Waals surface area contributed by atoms with Crippen molar-refractivity contribution in [2.75, 3.05) is 13.7 Å². The summed E-state index contributed by atoms with van der Waals surface area (Å²) in [5, 5.41) is 2.09. The predicted molar refractivity (Wildman–Crippen MR) is 88.6 cm³/mol. The molecule has 2 heterocycles. The molecule has 1 aromatic heterocycles. The maximum Gasteiger partial charge on any atom is 0.249 e. The minimum absolute atomic E-state index is 0.00237. The molecule has 2 atom stereocenters. The molecule has 0 radical (unpaired) electrons. The van der Waals surface area contributed by atoms with Crippen LogP contribution in [0.2, 0.25) is 10.0 Å². The lowest BCUT2D eigenvalue weighted by atomic mass is 9.93. The molecule has 0 fully saturated rings. The third kappa shape index (κ3) is 2.30. The molecule has 0 bridgehead atoms. The molecule has 1 N–H and O–H groups in total. The van der Waals surface area contributed by atoms with Gasteiger partial charge in [-0.3, -0.25) is 4.79 Å². The molecule has 0 saturated carbocycles. The molecule has 22 heavy (non-hydrogen) atoms. The topological polar surface area (TPSA) is 45.3 Å². The fourth-order valence-electron chi connectivity index (χ4n) is 3.49. The zero-order valence-electron chi connectivity index (χ0n) is 12.7. The molecule has 0 saturated heterocycles. The first-order valence-electron chi connectivity index (χ1n) is 7.24. The number of methoxy groups -OCH3 is 1. The molecule has 1 aliphatic heterocycles. The first-order valence-corrected chi connectivity index (χ1v) is 7.99. The lowest BCUT2D eigenvalue weighted by Gasteiger charge is -2.39. The van der Waals surface area contributed by atoms with Gasteiger partial charge in [-0.25, -0.2) is 0 Å². The zero-order chi connectivity index (χ0) is 16.0. The van der Waals surface area contributed by atoms with Gasteiger partial charge in [-0.1, -0.05) is 29.3 Å². The molecular weight excluding hydrogens is 323 g/mol. The van der Waals surface area contributed by atoms with Gasteiger partial charge in [0.25, 0.3) is 0 Å². The van der Waals surface area contributed by atoms with Crippen LogP contribution in [0.4, 0.5) is 0 Å². The van der Waals surface area contributed by atoms with Crippen molar-refractivity contribution in [2.45, 2.75) is 32.4 Å². The largest absolute Gasteiger partial charge is 0.375 e. The molecule has 3 rings (SSSR count). The van der Waals surface area contributed by atoms with Gasteiger partial charge in [0.05, 0.1) is 21.6 Å². The second kappa shape index (κ2) is 5.76. The van der Waals surface area contributed by atoms with Gasteiger partial charge in [0.2, 0.25) is 5.91 Å². The Morgan fingerprint density at radius 1 is 1.41 bits per heavy atom. The number of aromatic amines is 1. The second-order valence-electron chi connectivity index (χ2n) is 5.76. The fraction of sp³-hybridized carbons (Fsp3) is 0.438. The van der Waals surface area contributed by atoms with E-state index in [1.165, 1.54) is 7.11 Å². The average molecular weight is 341 g/mol. The number of halogens is 2. The Bertz CT molecular complexity index is 741. The molecule has 6 heteroatoms. The number of H-pyrrole nitrogens is 1. The highest BCUT2D eigenvalue weighted by Gasteiger charge is 2.35. The highest BCUT2D eigenvalue weighted by atomic mass is 35.5. The summed E-state index contributed by atoms with van der Waals surface area (Å²) in [6.07, 6.45) is 0.762. The fourth-order valence-corrected chi connectivity index (χ4v) is 3.86. The van der Waals surface area contributed by atoms with Crippen LogP contribution < -0.4 is 0 Å². The summed E-state index contributed by atoms with van der Waals surface area (Å²) in [6.45, 7) is 4.18. The molecule has 0 spiro atoms. The van der Waals surface area contributed by atoms with Crippen molar-refractivity contribution < 1.29 is 9.53 Å². The maximum absolute atomic E-state index is 12.4. The van der Waals surface area contributed by atoms with E-state index in [4.69, 9.17) is 27.9 Å². The number of amides is 1. The van der Waals surface area contributed by atoms with Gasteiger partial charge in [0.15, 0.2) is 0 Å². The number of hydrogen-bond acceptors (Lipinski definition) is 2. The van der Waals surface area contributed by atoms with Gasteiger partial charge in [-0.2, -0.15) is 0 Å². The van der Waals surface area contributed by atoms with Crippen molar-refractivity contribution in [2.24, 2.45) is 0 Å². The second-order valence-corrected chi connectivity index (χ2v) is 6.55. The summed E-state index contributed by atoms with van der Waals surface area (Å²) in [7, 11) is 1.54. The summed E-state index contributed by atoms with van der Waals surface area (Å²) in [6, 6.07) is 3.83. The third-order valence-corrected chi connectivity index (χ3v) is 5.16. The van der Waals surface area contributed by atoms with Crippen LogP contribution >= 0.6 is 23.2 Å². The average Bonchev–Trinajstić information content (AvgIpc) is 2.82. The number of carbonyl (C=O) groups is 1. The van der Waals surface area contributed by atoms with E-state index in [1.54, 1.807) is 6.07 Å². The first-order chi connectivity index (χ1) is 10.5. The third-order valence-electron chi connectivity index (χ3n) is 4.35. The number of aromatic nitrogens is 1. The number of carbonyl (C=O) groups excluding carboxylic acids is 1. The molecule has 2 aromatic rings. The van der Waals surface area contributed by atoms with Crippen LogP contribution in [-0.2, 0) is 16.0 Å².